The second kappa shape index (κ2) is 6.38. The summed E-state index contributed by atoms with van der Waals surface area (Å²) >= 11 is 5.34. The Morgan fingerprint density at radius 3 is 2.93 bits per heavy atom. The molecule has 0 fully saturated rings. The van der Waals surface area contributed by atoms with E-state index in [0.29, 0.717) is 0 Å². The fourth-order valence-electron chi connectivity index (χ4n) is 1.17. The van der Waals surface area contributed by atoms with E-state index in [4.69, 9.17) is 0 Å². The van der Waals surface area contributed by atoms with Crippen LogP contribution in [-0.2, 0) is 6.54 Å². The molecule has 0 saturated heterocycles. The maximum absolute atomic E-state index is 3.53. The van der Waals surface area contributed by atoms with Crippen molar-refractivity contribution in [1.82, 2.24) is 5.32 Å². The number of hydrogen-bond acceptors (Lipinski definition) is 2. The van der Waals surface area contributed by atoms with E-state index < -0.39 is 0 Å². The third-order valence-corrected chi connectivity index (χ3v) is 4.07. The van der Waals surface area contributed by atoms with Crippen molar-refractivity contribution in [2.75, 3.05) is 6.54 Å². The van der Waals surface area contributed by atoms with Gasteiger partial charge >= 0.3 is 0 Å². The summed E-state index contributed by atoms with van der Waals surface area (Å²) in [6, 6.07) is 2.23. The van der Waals surface area contributed by atoms with Gasteiger partial charge in [0.2, 0.25) is 0 Å². The first-order chi connectivity index (χ1) is 6.74. The average Bonchev–Trinajstić information content (AvgIpc) is 2.46. The van der Waals surface area contributed by atoms with Crippen LogP contribution in [0.4, 0.5) is 0 Å². The third-order valence-electron chi connectivity index (χ3n) is 1.93. The van der Waals surface area contributed by atoms with Crippen molar-refractivity contribution in [1.29, 1.82) is 0 Å². The molecule has 1 heterocycles. The van der Waals surface area contributed by atoms with E-state index in [-0.39, 0.29) is 0 Å². The van der Waals surface area contributed by atoms with Gasteiger partial charge in [-0.3, -0.25) is 0 Å². The van der Waals surface area contributed by atoms with Gasteiger partial charge in [-0.05, 0) is 54.4 Å². The summed E-state index contributed by atoms with van der Waals surface area (Å²) in [6.07, 6.45) is 5.39. The monoisotopic (exact) mass is 273 g/mol. The molecule has 1 aromatic rings. The second-order valence-electron chi connectivity index (χ2n) is 3.20. The van der Waals surface area contributed by atoms with E-state index in [1.165, 1.54) is 14.2 Å². The highest BCUT2D eigenvalue weighted by molar-refractivity contribution is 9.11. The summed E-state index contributed by atoms with van der Waals surface area (Å²) in [4.78, 5) is 1.40. The SMILES string of the molecule is C/C=C/CCNCc1cc(C)c(Br)s1. The molecular weight excluding hydrogens is 258 g/mol. The van der Waals surface area contributed by atoms with E-state index in [9.17, 15) is 0 Å². The summed E-state index contributed by atoms with van der Waals surface area (Å²) in [5.74, 6) is 0. The molecule has 0 aliphatic carbocycles. The maximum atomic E-state index is 3.53. The van der Waals surface area contributed by atoms with Gasteiger partial charge in [-0.1, -0.05) is 12.2 Å². The van der Waals surface area contributed by atoms with Gasteiger partial charge in [0.1, 0.15) is 0 Å². The molecule has 0 saturated carbocycles. The van der Waals surface area contributed by atoms with Crippen LogP contribution in [0.2, 0.25) is 0 Å². The molecule has 0 spiro atoms. The zero-order chi connectivity index (χ0) is 10.4. The molecule has 0 aliphatic rings. The van der Waals surface area contributed by atoms with E-state index in [2.05, 4.69) is 53.3 Å². The van der Waals surface area contributed by atoms with Crippen LogP contribution in [0.25, 0.3) is 0 Å². The van der Waals surface area contributed by atoms with Gasteiger partial charge in [-0.25, -0.2) is 0 Å². The van der Waals surface area contributed by atoms with Crippen molar-refractivity contribution in [2.24, 2.45) is 0 Å². The standard InChI is InChI=1S/C11H16BrNS/c1-3-4-5-6-13-8-10-7-9(2)11(12)14-10/h3-4,7,13H,5-6,8H2,1-2H3/b4-3+. The number of halogens is 1. The Morgan fingerprint density at radius 2 is 2.36 bits per heavy atom. The molecule has 0 aromatic carbocycles. The zero-order valence-electron chi connectivity index (χ0n) is 8.64. The minimum absolute atomic E-state index is 0.981. The summed E-state index contributed by atoms with van der Waals surface area (Å²) in [5.41, 5.74) is 1.33. The zero-order valence-corrected chi connectivity index (χ0v) is 11.0. The topological polar surface area (TPSA) is 12.0 Å². The van der Waals surface area contributed by atoms with E-state index in [1.807, 2.05) is 11.3 Å². The quantitative estimate of drug-likeness (QED) is 0.634. The van der Waals surface area contributed by atoms with Crippen molar-refractivity contribution >= 4 is 27.3 Å². The Balaban J connectivity index is 2.24. The van der Waals surface area contributed by atoms with Crippen LogP contribution in [0, 0.1) is 6.92 Å². The van der Waals surface area contributed by atoms with Crippen LogP contribution in [0.5, 0.6) is 0 Å². The molecule has 0 radical (unpaired) electrons. The Labute approximate surface area is 98.4 Å². The average molecular weight is 274 g/mol. The lowest BCUT2D eigenvalue weighted by molar-refractivity contribution is 0.702. The first-order valence-corrected chi connectivity index (χ1v) is 6.41. The van der Waals surface area contributed by atoms with Gasteiger partial charge in [0, 0.05) is 11.4 Å². The largest absolute Gasteiger partial charge is 0.312 e. The van der Waals surface area contributed by atoms with Crippen LogP contribution in [0.1, 0.15) is 23.8 Å². The van der Waals surface area contributed by atoms with Gasteiger partial charge in [-0.15, -0.1) is 11.3 Å². The Morgan fingerprint density at radius 1 is 1.57 bits per heavy atom. The minimum Gasteiger partial charge on any atom is -0.312 e. The van der Waals surface area contributed by atoms with Crippen LogP contribution in [0.15, 0.2) is 22.0 Å². The van der Waals surface area contributed by atoms with E-state index >= 15 is 0 Å². The Kier molecular flexibility index (Phi) is 5.45. The smallest absolute Gasteiger partial charge is 0.0730 e. The van der Waals surface area contributed by atoms with Crippen molar-refractivity contribution in [3.05, 3.63) is 32.4 Å². The van der Waals surface area contributed by atoms with Gasteiger partial charge in [0.05, 0.1) is 3.79 Å². The molecule has 78 valence electrons. The third kappa shape index (κ3) is 3.95. The highest BCUT2D eigenvalue weighted by atomic mass is 79.9. The molecule has 0 aliphatic heterocycles. The van der Waals surface area contributed by atoms with Crippen LogP contribution < -0.4 is 5.32 Å². The highest BCUT2D eigenvalue weighted by Gasteiger charge is 2.01. The van der Waals surface area contributed by atoms with Crippen molar-refractivity contribution in [3.63, 3.8) is 0 Å². The normalized spacial score (nSPS) is 11.4. The lowest BCUT2D eigenvalue weighted by atomic mass is 10.3. The van der Waals surface area contributed by atoms with E-state index in [1.54, 1.807) is 0 Å². The van der Waals surface area contributed by atoms with Crippen molar-refractivity contribution in [3.8, 4) is 0 Å². The van der Waals surface area contributed by atoms with Gasteiger partial charge in [0.15, 0.2) is 0 Å². The van der Waals surface area contributed by atoms with Gasteiger partial charge in [0.25, 0.3) is 0 Å². The molecule has 14 heavy (non-hydrogen) atoms. The lowest BCUT2D eigenvalue weighted by Gasteiger charge is -1.99. The summed E-state index contributed by atoms with van der Waals surface area (Å²) in [6.45, 7) is 6.22. The molecule has 0 amide bonds. The van der Waals surface area contributed by atoms with E-state index in [0.717, 1.165) is 19.5 Å². The second-order valence-corrected chi connectivity index (χ2v) is 5.66. The maximum Gasteiger partial charge on any atom is 0.0730 e. The van der Waals surface area contributed by atoms with Crippen molar-refractivity contribution in [2.45, 2.75) is 26.8 Å². The van der Waals surface area contributed by atoms with Crippen LogP contribution >= 0.6 is 27.3 Å². The Hall–Kier alpha value is -0.120. The number of allylic oxidation sites excluding steroid dienone is 1. The molecule has 1 rings (SSSR count). The lowest BCUT2D eigenvalue weighted by Crippen LogP contribution is -2.12. The van der Waals surface area contributed by atoms with Gasteiger partial charge < -0.3 is 5.32 Å². The number of thiophene rings is 1. The predicted molar refractivity (Wildman–Crippen MR) is 67.9 cm³/mol. The molecule has 1 aromatic heterocycles. The molecule has 0 unspecified atom stereocenters. The first-order valence-electron chi connectivity index (χ1n) is 4.80. The summed E-state index contributed by atoms with van der Waals surface area (Å²) in [5, 5.41) is 3.42. The molecular formula is C11H16BrNS. The molecule has 3 heteroatoms. The fraction of sp³-hybridized carbons (Fsp3) is 0.455. The highest BCUT2D eigenvalue weighted by Crippen LogP contribution is 2.26. The van der Waals surface area contributed by atoms with Crippen LogP contribution in [-0.4, -0.2) is 6.54 Å². The molecule has 0 bridgehead atoms. The summed E-state index contributed by atoms with van der Waals surface area (Å²) < 4.78 is 1.25. The first kappa shape index (κ1) is 12.0. The molecule has 0 atom stereocenters. The van der Waals surface area contributed by atoms with Crippen molar-refractivity contribution < 1.29 is 0 Å². The van der Waals surface area contributed by atoms with Gasteiger partial charge in [-0.2, -0.15) is 0 Å². The molecule has 1 N–H and O–H groups in total. The predicted octanol–water partition coefficient (Wildman–Crippen LogP) is 3.87. The number of hydrogen-bond donors (Lipinski definition) is 1. The minimum atomic E-state index is 0.981. The number of aryl methyl sites for hydroxylation is 1. The van der Waals surface area contributed by atoms with Crippen LogP contribution in [0.3, 0.4) is 0 Å². The number of rotatable bonds is 5. The fourth-order valence-corrected chi connectivity index (χ4v) is 2.77. The number of nitrogens with one attached hydrogen (secondary N) is 1. The Bertz CT molecular complexity index is 285. The summed E-state index contributed by atoms with van der Waals surface area (Å²) in [7, 11) is 0. The molecule has 1 nitrogen and oxygen atoms in total.